The summed E-state index contributed by atoms with van der Waals surface area (Å²) in [5.74, 6) is 1.57. The van der Waals surface area contributed by atoms with E-state index in [1.807, 2.05) is 19.1 Å². The summed E-state index contributed by atoms with van der Waals surface area (Å²) in [4.78, 5) is 15.6. The molecule has 0 spiro atoms. The second kappa shape index (κ2) is 5.91. The highest BCUT2D eigenvalue weighted by atomic mass is 35.5. The largest absolute Gasteiger partial charge is 0.244 e. The molecular weight excluding hydrogens is 322 g/mol. The monoisotopic (exact) mass is 335 g/mol. The summed E-state index contributed by atoms with van der Waals surface area (Å²) in [6, 6.07) is 3.90. The summed E-state index contributed by atoms with van der Waals surface area (Å²) in [5.41, 5.74) is 2.30. The maximum Gasteiger partial charge on any atom is 0.133 e. The van der Waals surface area contributed by atoms with Gasteiger partial charge in [0, 0.05) is 22.2 Å². The van der Waals surface area contributed by atoms with Gasteiger partial charge < -0.3 is 0 Å². The van der Waals surface area contributed by atoms with Crippen LogP contribution in [0.15, 0.2) is 23.4 Å². The Balaban J connectivity index is 1.99. The van der Waals surface area contributed by atoms with Gasteiger partial charge in [0.05, 0.1) is 0 Å². The van der Waals surface area contributed by atoms with Crippen LogP contribution in [0.25, 0.3) is 10.2 Å². The number of nitrogens with zero attached hydrogens (tertiary/aromatic N) is 3. The van der Waals surface area contributed by atoms with Crippen LogP contribution in [0.1, 0.15) is 21.8 Å². The Kier molecular flexibility index (Phi) is 4.15. The van der Waals surface area contributed by atoms with E-state index >= 15 is 0 Å². The Morgan fingerprint density at radius 3 is 2.81 bits per heavy atom. The highest BCUT2D eigenvalue weighted by Crippen LogP contribution is 2.36. The van der Waals surface area contributed by atoms with Gasteiger partial charge in [-0.25, -0.2) is 15.0 Å². The molecule has 3 rings (SSSR count). The zero-order valence-electron chi connectivity index (χ0n) is 12.0. The van der Waals surface area contributed by atoms with Gasteiger partial charge in [-0.15, -0.1) is 23.1 Å². The number of thioether (sulfide) groups is 1. The summed E-state index contributed by atoms with van der Waals surface area (Å²) in [7, 11) is 0. The van der Waals surface area contributed by atoms with Gasteiger partial charge in [0.25, 0.3) is 0 Å². The molecule has 0 fully saturated rings. The molecule has 3 nitrogen and oxygen atoms in total. The highest BCUT2D eigenvalue weighted by molar-refractivity contribution is 7.98. The Morgan fingerprint density at radius 1 is 1.24 bits per heavy atom. The molecule has 0 N–H and O–H groups in total. The van der Waals surface area contributed by atoms with Crippen molar-refractivity contribution in [2.45, 2.75) is 31.6 Å². The Hall–Kier alpha value is -1.17. The van der Waals surface area contributed by atoms with E-state index in [-0.39, 0.29) is 0 Å². The number of hydrogen-bond acceptors (Lipinski definition) is 5. The molecule has 108 valence electrons. The Morgan fingerprint density at radius 2 is 2.05 bits per heavy atom. The van der Waals surface area contributed by atoms with Gasteiger partial charge in [-0.1, -0.05) is 17.7 Å². The molecule has 6 heteroatoms. The van der Waals surface area contributed by atoms with Crippen molar-refractivity contribution in [2.75, 3.05) is 0 Å². The molecule has 0 aliphatic heterocycles. The normalized spacial score (nSPS) is 11.2. The van der Waals surface area contributed by atoms with Crippen LogP contribution >= 0.6 is 34.7 Å². The van der Waals surface area contributed by atoms with Crippen molar-refractivity contribution >= 4 is 44.9 Å². The molecule has 21 heavy (non-hydrogen) atoms. The van der Waals surface area contributed by atoms with Crippen LogP contribution in [0.2, 0.25) is 5.15 Å². The fourth-order valence-electron chi connectivity index (χ4n) is 2.09. The topological polar surface area (TPSA) is 38.7 Å². The van der Waals surface area contributed by atoms with Crippen molar-refractivity contribution in [3.05, 3.63) is 45.3 Å². The van der Waals surface area contributed by atoms with Gasteiger partial charge in [0.2, 0.25) is 0 Å². The molecule has 3 aromatic rings. The summed E-state index contributed by atoms with van der Waals surface area (Å²) >= 11 is 9.54. The highest BCUT2D eigenvalue weighted by Gasteiger charge is 2.14. The minimum absolute atomic E-state index is 0.560. The zero-order chi connectivity index (χ0) is 15.0. The van der Waals surface area contributed by atoms with Gasteiger partial charge in [0.1, 0.15) is 20.8 Å². The molecular formula is C15H14ClN3S2. The zero-order valence-corrected chi connectivity index (χ0v) is 14.4. The molecule has 3 heterocycles. The van der Waals surface area contributed by atoms with Gasteiger partial charge in [-0.2, -0.15) is 0 Å². The van der Waals surface area contributed by atoms with E-state index in [0.717, 1.165) is 27.0 Å². The lowest BCUT2D eigenvalue weighted by molar-refractivity contribution is 1.01. The Labute approximate surface area is 136 Å². The van der Waals surface area contributed by atoms with E-state index in [1.165, 1.54) is 15.8 Å². The fourth-order valence-corrected chi connectivity index (χ4v) is 4.61. The van der Waals surface area contributed by atoms with E-state index in [1.54, 1.807) is 29.3 Å². The van der Waals surface area contributed by atoms with Crippen LogP contribution in [0, 0.1) is 20.8 Å². The minimum Gasteiger partial charge on any atom is -0.244 e. The standard InChI is InChI=1S/C15H14ClN3S2/c1-8-9(2)21-15-12(8)14(18-10(3)19-15)20-7-11-5-4-6-17-13(11)16/h4-6H,7H2,1-3H3. The number of fused-ring (bicyclic) bond motifs is 1. The second-order valence-electron chi connectivity index (χ2n) is 4.78. The van der Waals surface area contributed by atoms with Crippen LogP contribution in [0.5, 0.6) is 0 Å². The molecule has 0 saturated heterocycles. The van der Waals surface area contributed by atoms with Gasteiger partial charge in [-0.05, 0) is 38.0 Å². The van der Waals surface area contributed by atoms with Crippen molar-refractivity contribution in [1.29, 1.82) is 0 Å². The third-order valence-corrected chi connectivity index (χ3v) is 5.77. The van der Waals surface area contributed by atoms with Crippen molar-refractivity contribution in [2.24, 2.45) is 0 Å². The predicted octanol–water partition coefficient (Wildman–Crippen LogP) is 4.96. The van der Waals surface area contributed by atoms with E-state index in [0.29, 0.717) is 5.15 Å². The molecule has 0 unspecified atom stereocenters. The molecule has 0 saturated carbocycles. The number of aryl methyl sites for hydroxylation is 3. The van der Waals surface area contributed by atoms with Crippen molar-refractivity contribution in [3.8, 4) is 0 Å². The average molecular weight is 336 g/mol. The van der Waals surface area contributed by atoms with Gasteiger partial charge in [0.15, 0.2) is 0 Å². The first kappa shape index (κ1) is 14.8. The van der Waals surface area contributed by atoms with E-state index < -0.39 is 0 Å². The second-order valence-corrected chi connectivity index (χ2v) is 7.31. The maximum atomic E-state index is 6.12. The van der Waals surface area contributed by atoms with Gasteiger partial charge >= 0.3 is 0 Å². The average Bonchev–Trinajstić information content (AvgIpc) is 2.72. The molecule has 0 atom stereocenters. The van der Waals surface area contributed by atoms with Gasteiger partial charge in [-0.3, -0.25) is 0 Å². The van der Waals surface area contributed by atoms with Crippen LogP contribution in [-0.4, -0.2) is 15.0 Å². The summed E-state index contributed by atoms with van der Waals surface area (Å²) in [5, 5.41) is 2.76. The lowest BCUT2D eigenvalue weighted by atomic mass is 10.2. The van der Waals surface area contributed by atoms with E-state index in [4.69, 9.17) is 11.6 Å². The SMILES string of the molecule is Cc1nc(SCc2cccnc2Cl)c2c(C)c(C)sc2n1. The lowest BCUT2D eigenvalue weighted by Gasteiger charge is -2.06. The molecule has 0 aliphatic carbocycles. The third kappa shape index (κ3) is 2.91. The minimum atomic E-state index is 0.560. The fraction of sp³-hybridized carbons (Fsp3) is 0.267. The number of rotatable bonds is 3. The maximum absolute atomic E-state index is 6.12. The van der Waals surface area contributed by atoms with Crippen LogP contribution < -0.4 is 0 Å². The molecule has 3 aromatic heterocycles. The number of halogens is 1. The number of aromatic nitrogens is 3. The first-order valence-corrected chi connectivity index (χ1v) is 8.71. The first-order chi connectivity index (χ1) is 10.1. The summed E-state index contributed by atoms with van der Waals surface area (Å²) < 4.78 is 0. The van der Waals surface area contributed by atoms with E-state index in [9.17, 15) is 0 Å². The lowest BCUT2D eigenvalue weighted by Crippen LogP contribution is -1.92. The summed E-state index contributed by atoms with van der Waals surface area (Å²) in [6.07, 6.45) is 1.70. The predicted molar refractivity (Wildman–Crippen MR) is 90.4 cm³/mol. The number of pyridine rings is 1. The van der Waals surface area contributed by atoms with Crippen molar-refractivity contribution < 1.29 is 0 Å². The smallest absolute Gasteiger partial charge is 0.133 e. The van der Waals surface area contributed by atoms with E-state index in [2.05, 4.69) is 28.8 Å². The van der Waals surface area contributed by atoms with Crippen molar-refractivity contribution in [1.82, 2.24) is 15.0 Å². The molecule has 0 amide bonds. The summed E-state index contributed by atoms with van der Waals surface area (Å²) in [6.45, 7) is 6.20. The third-order valence-electron chi connectivity index (χ3n) is 3.31. The number of thiophene rings is 1. The van der Waals surface area contributed by atoms with Crippen LogP contribution in [0.4, 0.5) is 0 Å². The van der Waals surface area contributed by atoms with Crippen LogP contribution in [-0.2, 0) is 5.75 Å². The van der Waals surface area contributed by atoms with Crippen molar-refractivity contribution in [3.63, 3.8) is 0 Å². The molecule has 0 radical (unpaired) electrons. The quantitative estimate of drug-likeness (QED) is 0.385. The number of hydrogen-bond donors (Lipinski definition) is 0. The molecule has 0 aromatic carbocycles. The Bertz CT molecular complexity index is 814. The van der Waals surface area contributed by atoms with Crippen LogP contribution in [0.3, 0.4) is 0 Å². The molecule has 0 aliphatic rings. The first-order valence-electron chi connectivity index (χ1n) is 6.53. The molecule has 0 bridgehead atoms.